The van der Waals surface area contributed by atoms with Crippen molar-refractivity contribution in [3.05, 3.63) is 62.9 Å². The smallest absolute Gasteiger partial charge is 0.433 e. The first-order valence-corrected chi connectivity index (χ1v) is 5.86. The molecule has 100 valence electrons. The molecule has 0 spiro atoms. The van der Waals surface area contributed by atoms with Gasteiger partial charge in [0.05, 0.1) is 6.07 Å². The third-order valence-electron chi connectivity index (χ3n) is 3.12. The molecule has 0 atom stereocenters. The molecule has 0 radical (unpaired) electrons. The number of Topliss-reactive ketones (excluding diaryl/α,β-unsaturated/α-hetero) is 1. The number of fused-ring (bicyclic) bond motifs is 1. The second kappa shape index (κ2) is 4.34. The Morgan fingerprint density at radius 2 is 2.10 bits per heavy atom. The maximum absolute atomic E-state index is 12.1. The lowest BCUT2D eigenvalue weighted by atomic mass is 10.1. The maximum Gasteiger partial charge on any atom is 0.433 e. The lowest BCUT2D eigenvalue weighted by Crippen LogP contribution is -1.94. The molecule has 20 heavy (non-hydrogen) atoms. The van der Waals surface area contributed by atoms with Gasteiger partial charge in [-0.3, -0.25) is 14.9 Å². The molecule has 0 saturated heterocycles. The van der Waals surface area contributed by atoms with Gasteiger partial charge in [-0.2, -0.15) is 0 Å². The van der Waals surface area contributed by atoms with E-state index < -0.39 is 4.92 Å². The van der Waals surface area contributed by atoms with E-state index in [4.69, 9.17) is 4.42 Å². The molecule has 2 aromatic rings. The Kier molecular flexibility index (Phi) is 2.64. The van der Waals surface area contributed by atoms with Gasteiger partial charge in [0.15, 0.2) is 5.78 Å². The average Bonchev–Trinajstić information content (AvgIpc) is 2.96. The normalized spacial score (nSPS) is 15.6. The van der Waals surface area contributed by atoms with Crippen LogP contribution in [0.3, 0.4) is 0 Å². The highest BCUT2D eigenvalue weighted by atomic mass is 16.6. The third kappa shape index (κ3) is 1.97. The molecular formula is C14H9NO5. The molecule has 3 rings (SSSR count). The molecule has 1 heterocycles. The average molecular weight is 271 g/mol. The Bertz CT molecular complexity index is 757. The van der Waals surface area contributed by atoms with Crippen molar-refractivity contribution in [2.75, 3.05) is 0 Å². The molecule has 0 amide bonds. The Hall–Kier alpha value is -2.89. The summed E-state index contributed by atoms with van der Waals surface area (Å²) in [7, 11) is 0. The van der Waals surface area contributed by atoms with E-state index in [1.165, 1.54) is 24.3 Å². The molecule has 1 aromatic heterocycles. The number of carbonyl (C=O) groups excluding carboxylic acids is 1. The van der Waals surface area contributed by atoms with Gasteiger partial charge in [0.1, 0.15) is 16.4 Å². The van der Waals surface area contributed by atoms with Crippen molar-refractivity contribution >= 4 is 17.7 Å². The molecule has 1 aromatic carbocycles. The van der Waals surface area contributed by atoms with Crippen LogP contribution >= 0.6 is 0 Å². The van der Waals surface area contributed by atoms with Gasteiger partial charge in [-0.05, 0) is 35.9 Å². The second-order valence-corrected chi connectivity index (χ2v) is 4.45. The molecule has 0 saturated carbocycles. The van der Waals surface area contributed by atoms with E-state index in [-0.39, 0.29) is 23.2 Å². The number of furan rings is 1. The molecule has 6 nitrogen and oxygen atoms in total. The maximum atomic E-state index is 12.1. The number of ketones is 1. The van der Waals surface area contributed by atoms with E-state index in [2.05, 4.69) is 0 Å². The molecule has 6 heteroatoms. The number of aromatic hydroxyl groups is 1. The number of phenols is 1. The minimum Gasteiger partial charge on any atom is -0.508 e. The second-order valence-electron chi connectivity index (χ2n) is 4.45. The van der Waals surface area contributed by atoms with Crippen molar-refractivity contribution in [3.63, 3.8) is 0 Å². The number of phenolic OH excluding ortho intramolecular Hbond substituents is 1. The van der Waals surface area contributed by atoms with Crippen molar-refractivity contribution < 1.29 is 19.2 Å². The van der Waals surface area contributed by atoms with Crippen LogP contribution in [0.1, 0.15) is 21.7 Å². The Morgan fingerprint density at radius 3 is 2.80 bits per heavy atom. The van der Waals surface area contributed by atoms with Crippen molar-refractivity contribution in [1.82, 2.24) is 0 Å². The summed E-state index contributed by atoms with van der Waals surface area (Å²) in [5.41, 5.74) is 1.76. The fraction of sp³-hybridized carbons (Fsp3) is 0.0714. The van der Waals surface area contributed by atoms with Crippen LogP contribution in [-0.2, 0) is 6.42 Å². The lowest BCUT2D eigenvalue weighted by molar-refractivity contribution is -0.402. The van der Waals surface area contributed by atoms with Crippen molar-refractivity contribution in [2.24, 2.45) is 0 Å². The predicted octanol–water partition coefficient (Wildman–Crippen LogP) is 2.72. The minimum atomic E-state index is -0.634. The Balaban J connectivity index is 1.94. The number of carbonyl (C=O) groups is 1. The molecular weight excluding hydrogens is 262 g/mol. The zero-order chi connectivity index (χ0) is 14.3. The summed E-state index contributed by atoms with van der Waals surface area (Å²) < 4.78 is 5.00. The largest absolute Gasteiger partial charge is 0.508 e. The molecule has 0 bridgehead atoms. The zero-order valence-electron chi connectivity index (χ0n) is 10.2. The Labute approximate surface area is 113 Å². The van der Waals surface area contributed by atoms with E-state index in [1.54, 1.807) is 12.1 Å². The van der Waals surface area contributed by atoms with Gasteiger partial charge in [0, 0.05) is 17.6 Å². The van der Waals surface area contributed by atoms with Gasteiger partial charge in [0.2, 0.25) is 0 Å². The Morgan fingerprint density at radius 1 is 1.30 bits per heavy atom. The first-order chi connectivity index (χ1) is 9.54. The quantitative estimate of drug-likeness (QED) is 0.515. The van der Waals surface area contributed by atoms with Crippen molar-refractivity contribution in [1.29, 1.82) is 0 Å². The van der Waals surface area contributed by atoms with Gasteiger partial charge in [-0.15, -0.1) is 0 Å². The van der Waals surface area contributed by atoms with Gasteiger partial charge < -0.3 is 9.52 Å². The highest BCUT2D eigenvalue weighted by molar-refractivity contribution is 6.15. The standard InChI is InChI=1S/C14H9NO5/c16-10-1-3-12-8(6-10)5-9(14(12)17)7-11-2-4-13(20-11)15(18)19/h1-4,6-7,16H,5H2. The van der Waals surface area contributed by atoms with Crippen molar-refractivity contribution in [3.8, 4) is 5.75 Å². The molecule has 1 N–H and O–H groups in total. The fourth-order valence-electron chi connectivity index (χ4n) is 2.21. The van der Waals surface area contributed by atoms with Gasteiger partial charge >= 0.3 is 5.88 Å². The first-order valence-electron chi connectivity index (χ1n) is 5.86. The van der Waals surface area contributed by atoms with Crippen molar-refractivity contribution in [2.45, 2.75) is 6.42 Å². The fourth-order valence-corrected chi connectivity index (χ4v) is 2.21. The van der Waals surface area contributed by atoms with E-state index in [1.807, 2.05) is 0 Å². The summed E-state index contributed by atoms with van der Waals surface area (Å²) in [6.45, 7) is 0. The third-order valence-corrected chi connectivity index (χ3v) is 3.12. The molecule has 0 unspecified atom stereocenters. The van der Waals surface area contributed by atoms with Gasteiger partial charge in [0.25, 0.3) is 0 Å². The summed E-state index contributed by atoms with van der Waals surface area (Å²) in [5, 5.41) is 19.9. The number of hydrogen-bond acceptors (Lipinski definition) is 5. The zero-order valence-corrected chi connectivity index (χ0v) is 10.2. The number of hydrogen-bond donors (Lipinski definition) is 1. The monoisotopic (exact) mass is 271 g/mol. The first kappa shape index (κ1) is 12.2. The highest BCUT2D eigenvalue weighted by Crippen LogP contribution is 2.30. The topological polar surface area (TPSA) is 93.6 Å². The van der Waals surface area contributed by atoms with Crippen LogP contribution < -0.4 is 0 Å². The van der Waals surface area contributed by atoms with Crippen LogP contribution in [0.2, 0.25) is 0 Å². The molecule has 1 aliphatic carbocycles. The van der Waals surface area contributed by atoms with Crippen LogP contribution in [0.4, 0.5) is 5.88 Å². The summed E-state index contributed by atoms with van der Waals surface area (Å²) in [6, 6.07) is 7.25. The van der Waals surface area contributed by atoms with E-state index >= 15 is 0 Å². The number of nitrogens with zero attached hydrogens (tertiary/aromatic N) is 1. The SMILES string of the molecule is O=C1C(=Cc2ccc([N+](=O)[O-])o2)Cc2cc(O)ccc21. The lowest BCUT2D eigenvalue weighted by Gasteiger charge is -1.95. The van der Waals surface area contributed by atoms with E-state index in [0.717, 1.165) is 5.56 Å². The van der Waals surface area contributed by atoms with Crippen LogP contribution in [0.5, 0.6) is 5.75 Å². The highest BCUT2D eigenvalue weighted by Gasteiger charge is 2.25. The summed E-state index contributed by atoms with van der Waals surface area (Å²) in [5.74, 6) is -0.153. The molecule has 0 fully saturated rings. The van der Waals surface area contributed by atoms with Crippen LogP contribution in [0.15, 0.2) is 40.3 Å². The minimum absolute atomic E-state index is 0.103. The number of nitro groups is 1. The van der Waals surface area contributed by atoms with E-state index in [0.29, 0.717) is 17.6 Å². The van der Waals surface area contributed by atoms with Crippen LogP contribution in [-0.4, -0.2) is 15.8 Å². The predicted molar refractivity (Wildman–Crippen MR) is 69.5 cm³/mol. The number of benzene rings is 1. The van der Waals surface area contributed by atoms with Crippen LogP contribution in [0, 0.1) is 10.1 Å². The van der Waals surface area contributed by atoms with Gasteiger partial charge in [-0.1, -0.05) is 0 Å². The summed E-state index contributed by atoms with van der Waals surface area (Å²) in [4.78, 5) is 22.0. The number of rotatable bonds is 2. The summed E-state index contributed by atoms with van der Waals surface area (Å²) in [6.07, 6.45) is 1.86. The molecule has 0 aliphatic heterocycles. The summed E-state index contributed by atoms with van der Waals surface area (Å²) >= 11 is 0. The molecule has 1 aliphatic rings. The number of allylic oxidation sites excluding steroid dienone is 1. The van der Waals surface area contributed by atoms with E-state index in [9.17, 15) is 20.0 Å². The van der Waals surface area contributed by atoms with Crippen LogP contribution in [0.25, 0.3) is 6.08 Å². The van der Waals surface area contributed by atoms with Gasteiger partial charge in [-0.25, -0.2) is 0 Å².